The molecule has 0 saturated carbocycles. The number of ether oxygens (including phenoxy) is 1. The molecular weight excluding hydrogens is 332 g/mol. The van der Waals surface area contributed by atoms with Crippen molar-refractivity contribution in [3.8, 4) is 16.6 Å². The van der Waals surface area contributed by atoms with Crippen LogP contribution in [-0.4, -0.2) is 26.8 Å². The maximum absolute atomic E-state index is 5.89. The largest absolute Gasteiger partial charge is 0.478 e. The average molecular weight is 341 g/mol. The molecule has 0 aliphatic rings. The lowest BCUT2D eigenvalue weighted by atomic mass is 10.5. The minimum Gasteiger partial charge on any atom is -0.478 e. The zero-order valence-electron chi connectivity index (χ0n) is 10.8. The summed E-state index contributed by atoms with van der Waals surface area (Å²) in [5.74, 6) is 0.952. The predicted octanol–water partition coefficient (Wildman–Crippen LogP) is 3.79. The Bertz CT molecular complexity index is 746. The molecule has 0 aliphatic carbocycles. The summed E-state index contributed by atoms with van der Waals surface area (Å²) in [6.07, 6.45) is 1.43. The van der Waals surface area contributed by atoms with E-state index in [4.69, 9.17) is 20.8 Å². The van der Waals surface area contributed by atoms with E-state index in [0.29, 0.717) is 33.0 Å². The highest BCUT2D eigenvalue weighted by atomic mass is 35.5. The molecule has 3 rings (SSSR count). The first-order valence-corrected chi connectivity index (χ1v) is 7.97. The molecule has 0 bridgehead atoms. The van der Waals surface area contributed by atoms with Crippen LogP contribution in [0.25, 0.3) is 10.8 Å². The molecule has 0 N–H and O–H groups in total. The number of hydrogen-bond donors (Lipinski definition) is 0. The molecule has 0 unspecified atom stereocenters. The second-order valence-corrected chi connectivity index (χ2v) is 6.39. The third-order valence-corrected chi connectivity index (χ3v) is 4.28. The lowest BCUT2D eigenvalue weighted by Crippen LogP contribution is -1.95. The standard InChI is InChI=1S/C12H9ClN4O2S2/c1-2-18-9-5-10(15-6-14-9)21-12-17-16-11(19-12)7-3-4-8(13)20-7/h3-6H,2H2,1H3. The Morgan fingerprint density at radius 3 is 3.00 bits per heavy atom. The van der Waals surface area contributed by atoms with Crippen molar-refractivity contribution in [1.29, 1.82) is 0 Å². The van der Waals surface area contributed by atoms with Crippen LogP contribution in [0.5, 0.6) is 5.88 Å². The van der Waals surface area contributed by atoms with E-state index < -0.39 is 0 Å². The molecule has 0 spiro atoms. The van der Waals surface area contributed by atoms with Gasteiger partial charge >= 0.3 is 0 Å². The van der Waals surface area contributed by atoms with Gasteiger partial charge in [-0.25, -0.2) is 9.97 Å². The molecule has 9 heteroatoms. The quantitative estimate of drug-likeness (QED) is 0.654. The number of aromatic nitrogens is 4. The number of rotatable bonds is 5. The molecule has 0 atom stereocenters. The highest BCUT2D eigenvalue weighted by molar-refractivity contribution is 7.99. The molecule has 3 aromatic rings. The molecule has 0 fully saturated rings. The fourth-order valence-corrected chi connectivity index (χ4v) is 3.08. The van der Waals surface area contributed by atoms with Crippen LogP contribution in [0.4, 0.5) is 0 Å². The zero-order valence-corrected chi connectivity index (χ0v) is 13.2. The van der Waals surface area contributed by atoms with Crippen LogP contribution in [0, 0.1) is 0 Å². The summed E-state index contributed by atoms with van der Waals surface area (Å²) in [7, 11) is 0. The summed E-state index contributed by atoms with van der Waals surface area (Å²) >= 11 is 8.52. The lowest BCUT2D eigenvalue weighted by molar-refractivity contribution is 0.324. The SMILES string of the molecule is CCOc1cc(Sc2nnc(-c3ccc(Cl)s3)o2)ncn1. The number of thiophene rings is 1. The first-order valence-electron chi connectivity index (χ1n) is 5.96. The van der Waals surface area contributed by atoms with Crippen LogP contribution < -0.4 is 4.74 Å². The normalized spacial score (nSPS) is 10.8. The molecule has 0 radical (unpaired) electrons. The van der Waals surface area contributed by atoms with Crippen molar-refractivity contribution in [2.45, 2.75) is 17.2 Å². The predicted molar refractivity (Wildman–Crippen MR) is 79.9 cm³/mol. The van der Waals surface area contributed by atoms with E-state index in [1.807, 2.05) is 13.0 Å². The molecule has 6 nitrogen and oxygen atoms in total. The molecule has 0 saturated heterocycles. The van der Waals surface area contributed by atoms with Gasteiger partial charge in [0.15, 0.2) is 0 Å². The van der Waals surface area contributed by atoms with Crippen molar-refractivity contribution in [1.82, 2.24) is 20.2 Å². The van der Waals surface area contributed by atoms with E-state index >= 15 is 0 Å². The van der Waals surface area contributed by atoms with Gasteiger partial charge in [0.05, 0.1) is 15.8 Å². The van der Waals surface area contributed by atoms with Gasteiger partial charge in [-0.1, -0.05) is 11.6 Å². The fourth-order valence-electron chi connectivity index (χ4n) is 1.47. The van der Waals surface area contributed by atoms with Crippen molar-refractivity contribution in [3.05, 3.63) is 28.9 Å². The molecule has 0 amide bonds. The summed E-state index contributed by atoms with van der Waals surface area (Å²) in [4.78, 5) is 8.96. The maximum Gasteiger partial charge on any atom is 0.283 e. The van der Waals surface area contributed by atoms with Gasteiger partial charge in [-0.2, -0.15) is 0 Å². The van der Waals surface area contributed by atoms with Gasteiger partial charge in [-0.05, 0) is 30.8 Å². The van der Waals surface area contributed by atoms with Crippen LogP contribution >= 0.6 is 34.7 Å². The topological polar surface area (TPSA) is 73.9 Å². The second-order valence-electron chi connectivity index (χ2n) is 3.71. The molecule has 3 aromatic heterocycles. The Kier molecular flexibility index (Phi) is 4.37. The van der Waals surface area contributed by atoms with E-state index in [1.54, 1.807) is 12.1 Å². The van der Waals surface area contributed by atoms with Gasteiger partial charge in [0.2, 0.25) is 5.88 Å². The fraction of sp³-hybridized carbons (Fsp3) is 0.167. The minimum absolute atomic E-state index is 0.399. The third-order valence-electron chi connectivity index (χ3n) is 2.29. The van der Waals surface area contributed by atoms with E-state index in [-0.39, 0.29) is 0 Å². The number of halogens is 1. The summed E-state index contributed by atoms with van der Waals surface area (Å²) in [6, 6.07) is 5.35. The highest BCUT2D eigenvalue weighted by Gasteiger charge is 2.13. The van der Waals surface area contributed by atoms with Crippen molar-refractivity contribution in [2.75, 3.05) is 6.61 Å². The second kappa shape index (κ2) is 6.42. The van der Waals surface area contributed by atoms with Crippen LogP contribution in [0.15, 0.2) is 39.2 Å². The van der Waals surface area contributed by atoms with Gasteiger partial charge in [0, 0.05) is 6.07 Å². The molecule has 21 heavy (non-hydrogen) atoms. The molecular formula is C12H9ClN4O2S2. The smallest absolute Gasteiger partial charge is 0.283 e. The summed E-state index contributed by atoms with van der Waals surface area (Å²) in [6.45, 7) is 2.44. The van der Waals surface area contributed by atoms with E-state index in [1.165, 1.54) is 29.4 Å². The highest BCUT2D eigenvalue weighted by Crippen LogP contribution is 2.33. The maximum atomic E-state index is 5.89. The average Bonchev–Trinajstić information content (AvgIpc) is 3.09. The molecule has 0 aliphatic heterocycles. The van der Waals surface area contributed by atoms with Crippen LogP contribution in [-0.2, 0) is 0 Å². The first kappa shape index (κ1) is 14.3. The van der Waals surface area contributed by atoms with Crippen molar-refractivity contribution >= 4 is 34.7 Å². The van der Waals surface area contributed by atoms with Crippen LogP contribution in [0.1, 0.15) is 6.92 Å². The lowest BCUT2D eigenvalue weighted by Gasteiger charge is -2.01. The zero-order chi connectivity index (χ0) is 14.7. The first-order chi connectivity index (χ1) is 10.2. The van der Waals surface area contributed by atoms with Crippen molar-refractivity contribution < 1.29 is 9.15 Å². The monoisotopic (exact) mass is 340 g/mol. The van der Waals surface area contributed by atoms with Gasteiger partial charge < -0.3 is 9.15 Å². The molecule has 0 aromatic carbocycles. The Morgan fingerprint density at radius 1 is 1.33 bits per heavy atom. The van der Waals surface area contributed by atoms with Crippen LogP contribution in [0.3, 0.4) is 0 Å². The van der Waals surface area contributed by atoms with Crippen LogP contribution in [0.2, 0.25) is 4.34 Å². The number of nitrogens with zero attached hydrogens (tertiary/aromatic N) is 4. The van der Waals surface area contributed by atoms with Gasteiger partial charge in [-0.15, -0.1) is 21.5 Å². The summed E-state index contributed by atoms with van der Waals surface area (Å²) in [5.41, 5.74) is 0. The van der Waals surface area contributed by atoms with Gasteiger partial charge in [0.25, 0.3) is 11.1 Å². The Morgan fingerprint density at radius 2 is 2.24 bits per heavy atom. The van der Waals surface area contributed by atoms with Gasteiger partial charge in [0.1, 0.15) is 11.4 Å². The Hall–Kier alpha value is -1.64. The van der Waals surface area contributed by atoms with Crippen molar-refractivity contribution in [2.24, 2.45) is 0 Å². The minimum atomic E-state index is 0.399. The molecule has 3 heterocycles. The summed E-state index contributed by atoms with van der Waals surface area (Å²) < 4.78 is 11.6. The Balaban J connectivity index is 1.76. The third kappa shape index (κ3) is 3.52. The van der Waals surface area contributed by atoms with E-state index in [2.05, 4.69) is 20.2 Å². The molecule has 108 valence electrons. The summed E-state index contributed by atoms with van der Waals surface area (Å²) in [5, 5.41) is 9.05. The number of hydrogen-bond acceptors (Lipinski definition) is 8. The van der Waals surface area contributed by atoms with Gasteiger partial charge in [-0.3, -0.25) is 0 Å². The van der Waals surface area contributed by atoms with E-state index in [9.17, 15) is 0 Å². The Labute approximate surface area is 133 Å². The van der Waals surface area contributed by atoms with Crippen molar-refractivity contribution in [3.63, 3.8) is 0 Å². The van der Waals surface area contributed by atoms with E-state index in [0.717, 1.165) is 4.88 Å².